The summed E-state index contributed by atoms with van der Waals surface area (Å²) in [4.78, 5) is 0. The van der Waals surface area contributed by atoms with Crippen LogP contribution in [0.3, 0.4) is 0 Å². The van der Waals surface area contributed by atoms with Crippen LogP contribution < -0.4 is 0 Å². The molecule has 0 aliphatic rings. The van der Waals surface area contributed by atoms with Crippen molar-refractivity contribution >= 4 is 44.1 Å². The van der Waals surface area contributed by atoms with E-state index < -0.39 is 33.1 Å². The van der Waals surface area contributed by atoms with Gasteiger partial charge in [0.1, 0.15) is 0 Å². The van der Waals surface area contributed by atoms with E-state index in [1.165, 1.54) is 0 Å². The largest absolute Gasteiger partial charge is 0.467 e. The Morgan fingerprint density at radius 2 is 0.905 bits per heavy atom. The fourth-order valence-corrected chi connectivity index (χ4v) is 19.6. The monoisotopic (exact) mass is 386 g/mol. The first kappa shape index (κ1) is 22.0. The predicted octanol–water partition coefficient (Wildman–Crippen LogP) is 5.78. The Kier molecular flexibility index (Phi) is 7.65. The van der Waals surface area contributed by atoms with E-state index in [1.54, 1.807) is 0 Å². The van der Waals surface area contributed by atoms with E-state index in [9.17, 15) is 0 Å². The van der Waals surface area contributed by atoms with Gasteiger partial charge in [0, 0.05) is 6.55 Å². The lowest BCUT2D eigenvalue weighted by Crippen LogP contribution is -2.60. The van der Waals surface area contributed by atoms with Gasteiger partial charge in [-0.3, -0.25) is 0 Å². The maximum absolute atomic E-state index is 6.97. The fourth-order valence-electron chi connectivity index (χ4n) is 2.36. The predicted molar refractivity (Wildman–Crippen MR) is 103 cm³/mol. The molecule has 0 spiro atoms. The summed E-state index contributed by atoms with van der Waals surface area (Å²) >= 11 is 6.97. The van der Waals surface area contributed by atoms with Crippen molar-refractivity contribution in [3.63, 3.8) is 0 Å². The Hall–Kier alpha value is 1.04. The SMILES string of the molecule is CC(C)[Si](Cl)(O[Si](C)(O[Si](C)(C)C)O[Si](C)(C)C)C(C)C. The molecule has 0 aliphatic heterocycles. The summed E-state index contributed by atoms with van der Waals surface area (Å²) in [6.45, 7) is 23.7. The standard InChI is InChI=1S/C13H35ClO3Si4/c1-12(2)21(14,13(3)4)17-20(11,15-18(5,6)7)16-19(8,9)10/h12-13H,1-11H3. The number of hydrogen-bond acceptors (Lipinski definition) is 3. The summed E-state index contributed by atoms with van der Waals surface area (Å²) in [5, 5.41) is 0. The molecule has 0 saturated heterocycles. The molecule has 0 aliphatic carbocycles. The summed E-state index contributed by atoms with van der Waals surface area (Å²) in [5.74, 6) is 0. The third-order valence-corrected chi connectivity index (χ3v) is 20.0. The Morgan fingerprint density at radius 1 is 0.619 bits per heavy atom. The van der Waals surface area contributed by atoms with Gasteiger partial charge in [-0.05, 0) is 50.4 Å². The topological polar surface area (TPSA) is 27.7 Å². The molecule has 0 heterocycles. The van der Waals surface area contributed by atoms with Gasteiger partial charge in [0.2, 0.25) is 0 Å². The Balaban J connectivity index is 5.50. The lowest BCUT2D eigenvalue weighted by atomic mass is 10.5. The molecule has 128 valence electrons. The minimum atomic E-state index is -2.73. The molecule has 0 N–H and O–H groups in total. The van der Waals surface area contributed by atoms with Crippen LogP contribution >= 0.6 is 11.1 Å². The lowest BCUT2D eigenvalue weighted by Gasteiger charge is -2.44. The Labute approximate surface area is 141 Å². The van der Waals surface area contributed by atoms with Gasteiger partial charge in [-0.15, -0.1) is 11.1 Å². The second-order valence-electron chi connectivity index (χ2n) is 8.40. The van der Waals surface area contributed by atoms with Crippen molar-refractivity contribution in [2.75, 3.05) is 0 Å². The van der Waals surface area contributed by atoms with Gasteiger partial charge >= 0.3 is 8.80 Å². The first-order chi connectivity index (χ1) is 9.01. The number of rotatable bonds is 8. The van der Waals surface area contributed by atoms with E-state index in [-0.39, 0.29) is 0 Å². The normalized spacial score (nSPS) is 15.1. The molecule has 3 nitrogen and oxygen atoms in total. The highest BCUT2D eigenvalue weighted by Gasteiger charge is 2.52. The highest BCUT2D eigenvalue weighted by molar-refractivity contribution is 7.20. The van der Waals surface area contributed by atoms with E-state index in [0.29, 0.717) is 11.1 Å². The number of hydrogen-bond donors (Lipinski definition) is 0. The van der Waals surface area contributed by atoms with Gasteiger partial charge < -0.3 is 12.3 Å². The molecule has 21 heavy (non-hydrogen) atoms. The van der Waals surface area contributed by atoms with Gasteiger partial charge in [0.15, 0.2) is 16.6 Å². The molecular weight excluding hydrogens is 352 g/mol. The van der Waals surface area contributed by atoms with Crippen molar-refractivity contribution in [3.8, 4) is 0 Å². The van der Waals surface area contributed by atoms with Crippen LogP contribution in [-0.4, -0.2) is 33.1 Å². The third kappa shape index (κ3) is 7.91. The molecule has 0 fully saturated rings. The van der Waals surface area contributed by atoms with Crippen molar-refractivity contribution in [2.45, 2.75) is 84.6 Å². The van der Waals surface area contributed by atoms with Crippen molar-refractivity contribution in [1.82, 2.24) is 0 Å². The summed E-state index contributed by atoms with van der Waals surface area (Å²) < 4.78 is 19.4. The van der Waals surface area contributed by atoms with Crippen LogP contribution in [-0.2, 0) is 12.3 Å². The molecule has 0 saturated carbocycles. The van der Waals surface area contributed by atoms with Crippen molar-refractivity contribution in [3.05, 3.63) is 0 Å². The second kappa shape index (κ2) is 7.29. The van der Waals surface area contributed by atoms with Crippen molar-refractivity contribution in [1.29, 1.82) is 0 Å². The smallest absolute Gasteiger partial charge is 0.417 e. The Bertz CT molecular complexity index is 313. The van der Waals surface area contributed by atoms with Crippen molar-refractivity contribution in [2.24, 2.45) is 0 Å². The van der Waals surface area contributed by atoms with E-state index in [0.717, 1.165) is 0 Å². The van der Waals surface area contributed by atoms with Gasteiger partial charge in [0.25, 0.3) is 7.63 Å². The van der Waals surface area contributed by atoms with Crippen LogP contribution in [0.2, 0.25) is 56.9 Å². The third-order valence-electron chi connectivity index (χ3n) is 2.90. The molecule has 0 aromatic heterocycles. The zero-order valence-electron chi connectivity index (χ0n) is 15.8. The van der Waals surface area contributed by atoms with Gasteiger partial charge in [0.05, 0.1) is 0 Å². The first-order valence-corrected chi connectivity index (χ1v) is 19.9. The first-order valence-electron chi connectivity index (χ1n) is 7.80. The molecule has 0 bridgehead atoms. The second-order valence-corrected chi connectivity index (χ2v) is 26.5. The van der Waals surface area contributed by atoms with Crippen LogP contribution in [0.15, 0.2) is 0 Å². The summed E-state index contributed by atoms with van der Waals surface area (Å²) in [6.07, 6.45) is 0. The average molecular weight is 387 g/mol. The average Bonchev–Trinajstić information content (AvgIpc) is 2.08. The lowest BCUT2D eigenvalue weighted by molar-refractivity contribution is 0.259. The molecule has 0 unspecified atom stereocenters. The summed E-state index contributed by atoms with van der Waals surface area (Å²) in [5.41, 5.74) is 0.642. The summed E-state index contributed by atoms with van der Waals surface area (Å²) in [7, 11) is -8.67. The Morgan fingerprint density at radius 3 is 1.10 bits per heavy atom. The minimum Gasteiger partial charge on any atom is -0.417 e. The maximum atomic E-state index is 6.97. The maximum Gasteiger partial charge on any atom is 0.467 e. The zero-order valence-corrected chi connectivity index (χ0v) is 20.5. The molecule has 0 aromatic carbocycles. The van der Waals surface area contributed by atoms with Gasteiger partial charge in [-0.2, -0.15) is 0 Å². The van der Waals surface area contributed by atoms with Crippen LogP contribution in [0.1, 0.15) is 27.7 Å². The molecule has 0 amide bonds. The van der Waals surface area contributed by atoms with E-state index in [2.05, 4.69) is 67.0 Å². The molecule has 0 rings (SSSR count). The van der Waals surface area contributed by atoms with Crippen LogP contribution in [0.5, 0.6) is 0 Å². The number of halogens is 1. The molecule has 8 heteroatoms. The van der Waals surface area contributed by atoms with Gasteiger partial charge in [-0.25, -0.2) is 0 Å². The molecular formula is C13H35ClO3Si4. The quantitative estimate of drug-likeness (QED) is 0.391. The van der Waals surface area contributed by atoms with E-state index in [1.807, 2.05) is 6.55 Å². The zero-order chi connectivity index (χ0) is 17.3. The molecule has 0 radical (unpaired) electrons. The van der Waals surface area contributed by atoms with Gasteiger partial charge in [-0.1, -0.05) is 27.7 Å². The fraction of sp³-hybridized carbons (Fsp3) is 1.00. The highest BCUT2D eigenvalue weighted by atomic mass is 35.6. The minimum absolute atomic E-state index is 0.321. The van der Waals surface area contributed by atoms with Crippen molar-refractivity contribution < 1.29 is 12.3 Å². The van der Waals surface area contributed by atoms with Crippen LogP contribution in [0.25, 0.3) is 0 Å². The van der Waals surface area contributed by atoms with E-state index in [4.69, 9.17) is 23.4 Å². The molecule has 0 aromatic rings. The van der Waals surface area contributed by atoms with Crippen LogP contribution in [0.4, 0.5) is 0 Å². The van der Waals surface area contributed by atoms with Crippen LogP contribution in [0, 0.1) is 0 Å². The van der Waals surface area contributed by atoms with E-state index >= 15 is 0 Å². The molecule has 0 atom stereocenters. The summed E-state index contributed by atoms with van der Waals surface area (Å²) in [6, 6.07) is 0. The highest BCUT2D eigenvalue weighted by Crippen LogP contribution is 2.40.